The van der Waals surface area contributed by atoms with Crippen LogP contribution in [0.4, 0.5) is 0 Å². The molecular weight excluding hydrogens is 222 g/mol. The summed E-state index contributed by atoms with van der Waals surface area (Å²) in [5.41, 5.74) is 2.90. The van der Waals surface area contributed by atoms with Gasteiger partial charge in [0.15, 0.2) is 0 Å². The van der Waals surface area contributed by atoms with Gasteiger partial charge in [-0.05, 0) is 49.7 Å². The zero-order valence-electron chi connectivity index (χ0n) is 11.2. The van der Waals surface area contributed by atoms with Crippen LogP contribution in [0.25, 0.3) is 0 Å². The number of rotatable bonds is 5. The van der Waals surface area contributed by atoms with E-state index < -0.39 is 0 Å². The largest absolute Gasteiger partial charge is 0.377 e. The molecule has 2 aliphatic rings. The van der Waals surface area contributed by atoms with E-state index in [4.69, 9.17) is 4.74 Å². The predicted octanol–water partition coefficient (Wildman–Crippen LogP) is 3.22. The smallest absolute Gasteiger partial charge is 0.0726 e. The first-order valence-electron chi connectivity index (χ1n) is 7.27. The number of benzene rings is 1. The standard InChI is InChI=1S/C16H23NO/c1-12(16-3-2-10-18-16)17-11-13-4-6-14(7-5-13)15-8-9-15/h4-7,12,15-17H,2-3,8-11H2,1H3. The molecule has 0 amide bonds. The van der Waals surface area contributed by atoms with Crippen LogP contribution >= 0.6 is 0 Å². The molecule has 0 radical (unpaired) electrons. The molecule has 0 spiro atoms. The first-order valence-corrected chi connectivity index (χ1v) is 7.27. The summed E-state index contributed by atoms with van der Waals surface area (Å²) in [6.07, 6.45) is 5.60. The third-order valence-electron chi connectivity index (χ3n) is 4.18. The Bertz CT molecular complexity index is 377. The number of hydrogen-bond acceptors (Lipinski definition) is 2. The Morgan fingerprint density at radius 2 is 2.00 bits per heavy atom. The summed E-state index contributed by atoms with van der Waals surface area (Å²) < 4.78 is 5.70. The molecule has 1 aromatic carbocycles. The van der Waals surface area contributed by atoms with E-state index >= 15 is 0 Å². The highest BCUT2D eigenvalue weighted by Gasteiger charge is 2.23. The summed E-state index contributed by atoms with van der Waals surface area (Å²) in [6.45, 7) is 4.12. The molecule has 1 heterocycles. The van der Waals surface area contributed by atoms with Crippen LogP contribution in [0.15, 0.2) is 24.3 Å². The zero-order chi connectivity index (χ0) is 12.4. The van der Waals surface area contributed by atoms with Gasteiger partial charge in [0.1, 0.15) is 0 Å². The van der Waals surface area contributed by atoms with Crippen molar-refractivity contribution in [1.82, 2.24) is 5.32 Å². The predicted molar refractivity (Wildman–Crippen MR) is 73.7 cm³/mol. The second-order valence-corrected chi connectivity index (χ2v) is 5.74. The SMILES string of the molecule is CC(NCc1ccc(C2CC2)cc1)C1CCCO1. The Hall–Kier alpha value is -0.860. The monoisotopic (exact) mass is 245 g/mol. The topological polar surface area (TPSA) is 21.3 Å². The molecule has 1 saturated carbocycles. The Balaban J connectivity index is 1.49. The summed E-state index contributed by atoms with van der Waals surface area (Å²) in [5.74, 6) is 0.859. The second-order valence-electron chi connectivity index (χ2n) is 5.74. The van der Waals surface area contributed by atoms with Crippen molar-refractivity contribution >= 4 is 0 Å². The Labute approximate surface area is 110 Å². The normalized spacial score (nSPS) is 25.3. The number of hydrogen-bond donors (Lipinski definition) is 1. The molecule has 2 heteroatoms. The summed E-state index contributed by atoms with van der Waals surface area (Å²) in [7, 11) is 0. The molecule has 2 nitrogen and oxygen atoms in total. The van der Waals surface area contributed by atoms with Gasteiger partial charge in [-0.1, -0.05) is 24.3 Å². The van der Waals surface area contributed by atoms with Crippen LogP contribution in [0.1, 0.15) is 49.7 Å². The molecule has 0 bridgehead atoms. The van der Waals surface area contributed by atoms with E-state index in [-0.39, 0.29) is 0 Å². The van der Waals surface area contributed by atoms with E-state index in [9.17, 15) is 0 Å². The number of ether oxygens (including phenoxy) is 1. The highest BCUT2D eigenvalue weighted by molar-refractivity contribution is 5.28. The van der Waals surface area contributed by atoms with E-state index in [1.807, 2.05) is 0 Å². The average Bonchev–Trinajstić information content (AvgIpc) is 3.11. The lowest BCUT2D eigenvalue weighted by atomic mass is 10.1. The van der Waals surface area contributed by atoms with Crippen LogP contribution in [0.2, 0.25) is 0 Å². The van der Waals surface area contributed by atoms with Crippen LogP contribution in [0.5, 0.6) is 0 Å². The fourth-order valence-corrected chi connectivity index (χ4v) is 2.73. The zero-order valence-corrected chi connectivity index (χ0v) is 11.2. The lowest BCUT2D eigenvalue weighted by Gasteiger charge is -2.20. The van der Waals surface area contributed by atoms with Crippen LogP contribution in [-0.4, -0.2) is 18.8 Å². The first kappa shape index (κ1) is 12.2. The average molecular weight is 245 g/mol. The van der Waals surface area contributed by atoms with Crippen LogP contribution in [0.3, 0.4) is 0 Å². The third-order valence-corrected chi connectivity index (χ3v) is 4.18. The molecule has 2 atom stereocenters. The fourth-order valence-electron chi connectivity index (χ4n) is 2.73. The van der Waals surface area contributed by atoms with Gasteiger partial charge in [-0.3, -0.25) is 0 Å². The fraction of sp³-hybridized carbons (Fsp3) is 0.625. The molecule has 3 rings (SSSR count). The molecule has 2 unspecified atom stereocenters. The molecular formula is C16H23NO. The molecule has 1 saturated heterocycles. The molecule has 1 aliphatic heterocycles. The van der Waals surface area contributed by atoms with Gasteiger partial charge in [-0.15, -0.1) is 0 Å². The molecule has 98 valence electrons. The minimum Gasteiger partial charge on any atom is -0.377 e. The van der Waals surface area contributed by atoms with Crippen molar-refractivity contribution in [2.75, 3.05) is 6.61 Å². The second kappa shape index (κ2) is 5.41. The molecule has 1 N–H and O–H groups in total. The maximum absolute atomic E-state index is 5.70. The minimum atomic E-state index is 0.413. The van der Waals surface area contributed by atoms with Gasteiger partial charge in [-0.2, -0.15) is 0 Å². The lowest BCUT2D eigenvalue weighted by molar-refractivity contribution is 0.0832. The Kier molecular flexibility index (Phi) is 3.67. The highest BCUT2D eigenvalue weighted by Crippen LogP contribution is 2.39. The van der Waals surface area contributed by atoms with E-state index in [1.54, 1.807) is 0 Å². The molecule has 2 fully saturated rings. The van der Waals surface area contributed by atoms with Crippen LogP contribution < -0.4 is 5.32 Å². The van der Waals surface area contributed by atoms with E-state index in [1.165, 1.54) is 36.8 Å². The van der Waals surface area contributed by atoms with E-state index in [0.717, 1.165) is 19.1 Å². The van der Waals surface area contributed by atoms with Crippen molar-refractivity contribution in [3.63, 3.8) is 0 Å². The summed E-state index contributed by atoms with van der Waals surface area (Å²) >= 11 is 0. The maximum atomic E-state index is 5.70. The van der Waals surface area contributed by atoms with Crippen molar-refractivity contribution in [1.29, 1.82) is 0 Å². The molecule has 1 aromatic rings. The Morgan fingerprint density at radius 1 is 1.22 bits per heavy atom. The molecule has 1 aliphatic carbocycles. The first-order chi connectivity index (χ1) is 8.83. The van der Waals surface area contributed by atoms with E-state index in [2.05, 4.69) is 36.5 Å². The lowest BCUT2D eigenvalue weighted by Crippen LogP contribution is -2.36. The van der Waals surface area contributed by atoms with Gasteiger partial charge in [0, 0.05) is 19.2 Å². The van der Waals surface area contributed by atoms with Crippen molar-refractivity contribution < 1.29 is 4.74 Å². The quantitative estimate of drug-likeness (QED) is 0.860. The van der Waals surface area contributed by atoms with Crippen molar-refractivity contribution in [3.8, 4) is 0 Å². The third kappa shape index (κ3) is 2.93. The van der Waals surface area contributed by atoms with Gasteiger partial charge in [0.25, 0.3) is 0 Å². The van der Waals surface area contributed by atoms with Crippen molar-refractivity contribution in [3.05, 3.63) is 35.4 Å². The van der Waals surface area contributed by atoms with Gasteiger partial charge in [-0.25, -0.2) is 0 Å². The van der Waals surface area contributed by atoms with Crippen LogP contribution in [0, 0.1) is 0 Å². The van der Waals surface area contributed by atoms with Crippen molar-refractivity contribution in [2.45, 2.75) is 57.2 Å². The Morgan fingerprint density at radius 3 is 2.61 bits per heavy atom. The van der Waals surface area contributed by atoms with Crippen molar-refractivity contribution in [2.24, 2.45) is 0 Å². The summed E-state index contributed by atoms with van der Waals surface area (Å²) in [5, 5.41) is 3.58. The number of nitrogens with one attached hydrogen (secondary N) is 1. The van der Waals surface area contributed by atoms with Gasteiger partial charge >= 0.3 is 0 Å². The maximum Gasteiger partial charge on any atom is 0.0726 e. The van der Waals surface area contributed by atoms with Crippen LogP contribution in [-0.2, 0) is 11.3 Å². The summed E-state index contributed by atoms with van der Waals surface area (Å²) in [4.78, 5) is 0. The van der Waals surface area contributed by atoms with Gasteiger partial charge < -0.3 is 10.1 Å². The summed E-state index contributed by atoms with van der Waals surface area (Å²) in [6, 6.07) is 9.58. The molecule has 0 aromatic heterocycles. The van der Waals surface area contributed by atoms with Gasteiger partial charge in [0.05, 0.1) is 6.10 Å². The minimum absolute atomic E-state index is 0.413. The molecule has 18 heavy (non-hydrogen) atoms. The van der Waals surface area contributed by atoms with Gasteiger partial charge in [0.2, 0.25) is 0 Å². The highest BCUT2D eigenvalue weighted by atomic mass is 16.5. The van der Waals surface area contributed by atoms with E-state index in [0.29, 0.717) is 12.1 Å².